The van der Waals surface area contributed by atoms with Gasteiger partial charge in [-0.3, -0.25) is 4.98 Å². The van der Waals surface area contributed by atoms with Crippen LogP contribution in [0.1, 0.15) is 5.69 Å². The molecule has 0 atom stereocenters. The van der Waals surface area contributed by atoms with Crippen molar-refractivity contribution >= 4 is 16.9 Å². The second kappa shape index (κ2) is 4.37. The molecule has 7 nitrogen and oxygen atoms in total. The summed E-state index contributed by atoms with van der Waals surface area (Å²) in [6.45, 7) is 0. The third-order valence-corrected chi connectivity index (χ3v) is 2.71. The summed E-state index contributed by atoms with van der Waals surface area (Å²) in [5.74, 6) is -0.0497. The second-order valence-corrected chi connectivity index (χ2v) is 3.87. The Morgan fingerprint density at radius 3 is 2.95 bits per heavy atom. The smallest absolute Gasteiger partial charge is 0.188 e. The normalized spacial score (nSPS) is 11.9. The van der Waals surface area contributed by atoms with Gasteiger partial charge in [0.2, 0.25) is 0 Å². The number of oxime groups is 1. The molecule has 3 aromatic rings. The quantitative estimate of drug-likeness (QED) is 0.306. The molecule has 0 aliphatic carbocycles. The van der Waals surface area contributed by atoms with E-state index in [4.69, 9.17) is 10.9 Å². The van der Waals surface area contributed by atoms with E-state index in [1.807, 2.05) is 24.3 Å². The Labute approximate surface area is 108 Å². The standard InChI is InChI=1S/C12H10N6O/c13-12(16-19)10-7-8(5-6-14-10)18-11-4-2-1-3-9(11)15-17-18/h1-7,19H,(H2,13,16). The molecule has 7 heteroatoms. The molecule has 2 heterocycles. The largest absolute Gasteiger partial charge is 0.409 e. The number of rotatable bonds is 2. The van der Waals surface area contributed by atoms with Gasteiger partial charge in [0.1, 0.15) is 11.2 Å². The van der Waals surface area contributed by atoms with E-state index in [1.165, 1.54) is 0 Å². The molecule has 0 aliphatic heterocycles. The van der Waals surface area contributed by atoms with Gasteiger partial charge in [-0.25, -0.2) is 4.68 Å². The Morgan fingerprint density at radius 1 is 1.26 bits per heavy atom. The monoisotopic (exact) mass is 254 g/mol. The first kappa shape index (κ1) is 11.1. The molecule has 19 heavy (non-hydrogen) atoms. The average molecular weight is 254 g/mol. The zero-order valence-corrected chi connectivity index (χ0v) is 9.80. The number of hydrogen-bond donors (Lipinski definition) is 2. The molecule has 3 rings (SSSR count). The molecule has 0 saturated heterocycles. The van der Waals surface area contributed by atoms with Crippen LogP contribution in [0.5, 0.6) is 0 Å². The summed E-state index contributed by atoms with van der Waals surface area (Å²) in [6.07, 6.45) is 1.57. The Bertz CT molecular complexity index is 764. The number of fused-ring (bicyclic) bond motifs is 1. The van der Waals surface area contributed by atoms with Crippen molar-refractivity contribution in [2.45, 2.75) is 0 Å². The fraction of sp³-hybridized carbons (Fsp3) is 0. The van der Waals surface area contributed by atoms with Crippen molar-refractivity contribution in [2.24, 2.45) is 10.9 Å². The Kier molecular flexibility index (Phi) is 2.57. The van der Waals surface area contributed by atoms with E-state index in [-0.39, 0.29) is 5.84 Å². The maximum absolute atomic E-state index is 8.67. The van der Waals surface area contributed by atoms with Crippen LogP contribution < -0.4 is 5.73 Å². The predicted molar refractivity (Wildman–Crippen MR) is 69.2 cm³/mol. The molecule has 0 radical (unpaired) electrons. The lowest BCUT2D eigenvalue weighted by Crippen LogP contribution is -2.15. The van der Waals surface area contributed by atoms with Crippen molar-refractivity contribution in [3.63, 3.8) is 0 Å². The molecule has 0 amide bonds. The van der Waals surface area contributed by atoms with E-state index in [2.05, 4.69) is 20.5 Å². The number of benzene rings is 1. The average Bonchev–Trinajstić information content (AvgIpc) is 2.90. The van der Waals surface area contributed by atoms with Gasteiger partial charge in [-0.2, -0.15) is 0 Å². The van der Waals surface area contributed by atoms with Gasteiger partial charge in [0.25, 0.3) is 0 Å². The van der Waals surface area contributed by atoms with Crippen molar-refractivity contribution < 1.29 is 5.21 Å². The molecule has 2 aromatic heterocycles. The van der Waals surface area contributed by atoms with E-state index in [0.717, 1.165) is 16.7 Å². The Hall–Kier alpha value is -2.96. The highest BCUT2D eigenvalue weighted by molar-refractivity contribution is 5.95. The fourth-order valence-corrected chi connectivity index (χ4v) is 1.80. The number of aromatic nitrogens is 4. The molecular formula is C12H10N6O. The first-order valence-corrected chi connectivity index (χ1v) is 5.54. The molecule has 3 N–H and O–H groups in total. The van der Waals surface area contributed by atoms with Crippen LogP contribution in [0.25, 0.3) is 16.7 Å². The van der Waals surface area contributed by atoms with Crippen molar-refractivity contribution in [1.29, 1.82) is 0 Å². The lowest BCUT2D eigenvalue weighted by Gasteiger charge is -2.03. The number of nitrogens with zero attached hydrogens (tertiary/aromatic N) is 5. The molecular weight excluding hydrogens is 244 g/mol. The van der Waals surface area contributed by atoms with Gasteiger partial charge in [0.05, 0.1) is 11.2 Å². The molecule has 0 bridgehead atoms. The first-order valence-electron chi connectivity index (χ1n) is 5.54. The number of nitrogens with two attached hydrogens (primary N) is 1. The molecule has 1 aromatic carbocycles. The van der Waals surface area contributed by atoms with E-state index < -0.39 is 0 Å². The van der Waals surface area contributed by atoms with Crippen LogP contribution in [0, 0.1) is 0 Å². The number of amidine groups is 1. The van der Waals surface area contributed by atoms with Crippen molar-refractivity contribution in [2.75, 3.05) is 0 Å². The third kappa shape index (κ3) is 1.86. The van der Waals surface area contributed by atoms with E-state index >= 15 is 0 Å². The summed E-state index contributed by atoms with van der Waals surface area (Å²) in [4.78, 5) is 4.02. The van der Waals surface area contributed by atoms with E-state index in [0.29, 0.717) is 5.69 Å². The van der Waals surface area contributed by atoms with Gasteiger partial charge in [-0.05, 0) is 24.3 Å². The summed E-state index contributed by atoms with van der Waals surface area (Å²) in [6, 6.07) is 11.1. The van der Waals surface area contributed by atoms with Crippen molar-refractivity contribution in [1.82, 2.24) is 20.0 Å². The van der Waals surface area contributed by atoms with Gasteiger partial charge < -0.3 is 10.9 Å². The minimum Gasteiger partial charge on any atom is -0.409 e. The summed E-state index contributed by atoms with van der Waals surface area (Å²) in [7, 11) is 0. The molecule has 94 valence electrons. The lowest BCUT2D eigenvalue weighted by atomic mass is 10.2. The van der Waals surface area contributed by atoms with Crippen molar-refractivity contribution in [3.05, 3.63) is 48.3 Å². The number of para-hydroxylation sites is 1. The predicted octanol–water partition coefficient (Wildman–Crippen LogP) is 0.910. The Balaban J connectivity index is 2.17. The fourth-order valence-electron chi connectivity index (χ4n) is 1.80. The highest BCUT2D eigenvalue weighted by Gasteiger charge is 2.08. The summed E-state index contributed by atoms with van der Waals surface area (Å²) in [5, 5.41) is 19.8. The van der Waals surface area contributed by atoms with E-state index in [1.54, 1.807) is 23.0 Å². The molecule has 0 spiro atoms. The van der Waals surface area contributed by atoms with Crippen LogP contribution in [0.15, 0.2) is 47.8 Å². The maximum Gasteiger partial charge on any atom is 0.188 e. The highest BCUT2D eigenvalue weighted by Crippen LogP contribution is 2.15. The topological polar surface area (TPSA) is 102 Å². The number of pyridine rings is 1. The summed E-state index contributed by atoms with van der Waals surface area (Å²) < 4.78 is 1.67. The minimum atomic E-state index is -0.0497. The van der Waals surface area contributed by atoms with Gasteiger partial charge in [0, 0.05) is 6.20 Å². The molecule has 0 unspecified atom stereocenters. The van der Waals surface area contributed by atoms with Gasteiger partial charge >= 0.3 is 0 Å². The van der Waals surface area contributed by atoms with Gasteiger partial charge in [-0.1, -0.05) is 22.5 Å². The first-order chi connectivity index (χ1) is 9.29. The minimum absolute atomic E-state index is 0.0497. The van der Waals surface area contributed by atoms with Crippen LogP contribution in [-0.2, 0) is 0 Å². The van der Waals surface area contributed by atoms with Crippen LogP contribution in [0.2, 0.25) is 0 Å². The summed E-state index contributed by atoms with van der Waals surface area (Å²) >= 11 is 0. The van der Waals surface area contributed by atoms with Gasteiger partial charge in [0.15, 0.2) is 5.84 Å². The number of hydrogen-bond acceptors (Lipinski definition) is 5. The van der Waals surface area contributed by atoms with Crippen LogP contribution in [0.3, 0.4) is 0 Å². The van der Waals surface area contributed by atoms with Crippen LogP contribution in [0.4, 0.5) is 0 Å². The zero-order valence-electron chi connectivity index (χ0n) is 9.80. The molecule has 0 aliphatic rings. The highest BCUT2D eigenvalue weighted by atomic mass is 16.4. The summed E-state index contributed by atoms with van der Waals surface area (Å²) in [5.41, 5.74) is 8.31. The maximum atomic E-state index is 8.67. The third-order valence-electron chi connectivity index (χ3n) is 2.71. The van der Waals surface area contributed by atoms with E-state index in [9.17, 15) is 0 Å². The second-order valence-electron chi connectivity index (χ2n) is 3.87. The Morgan fingerprint density at radius 2 is 2.11 bits per heavy atom. The zero-order chi connectivity index (χ0) is 13.2. The SMILES string of the molecule is NC(=NO)c1cc(-n2nnc3ccccc32)ccn1. The van der Waals surface area contributed by atoms with Crippen LogP contribution in [-0.4, -0.2) is 31.0 Å². The lowest BCUT2D eigenvalue weighted by molar-refractivity contribution is 0.318. The van der Waals surface area contributed by atoms with Crippen LogP contribution >= 0.6 is 0 Å². The molecule has 0 fully saturated rings. The van der Waals surface area contributed by atoms with Crippen molar-refractivity contribution in [3.8, 4) is 5.69 Å². The van der Waals surface area contributed by atoms with Gasteiger partial charge in [-0.15, -0.1) is 5.10 Å². The molecule has 0 saturated carbocycles.